The second-order valence-corrected chi connectivity index (χ2v) is 7.67. The number of amides is 1. The minimum Gasteiger partial charge on any atom is -0.349 e. The number of carbonyl (C=O) groups excluding carboxylic acids is 1. The molecule has 0 saturated heterocycles. The highest BCUT2D eigenvalue weighted by Gasteiger charge is 2.16. The molecule has 0 aliphatic rings. The number of hydrogen-bond acceptors (Lipinski definition) is 4. The minimum absolute atomic E-state index is 0.0192. The normalized spacial score (nSPS) is 11.9. The molecule has 0 bridgehead atoms. The number of thioether (sulfide) groups is 1. The Hall–Kier alpha value is -2.86. The lowest BCUT2D eigenvalue weighted by molar-refractivity contribution is -0.119. The van der Waals surface area contributed by atoms with Crippen molar-refractivity contribution in [3.8, 4) is 0 Å². The Kier molecular flexibility index (Phi) is 7.25. The van der Waals surface area contributed by atoms with Crippen LogP contribution in [-0.4, -0.2) is 21.2 Å². The Bertz CT molecular complexity index is 1050. The second-order valence-electron chi connectivity index (χ2n) is 6.72. The van der Waals surface area contributed by atoms with Gasteiger partial charge in [0.05, 0.1) is 22.7 Å². The Morgan fingerprint density at radius 1 is 1.21 bits per heavy atom. The summed E-state index contributed by atoms with van der Waals surface area (Å²) in [4.78, 5) is 30.0. The predicted octanol–water partition coefficient (Wildman–Crippen LogP) is 4.33. The lowest BCUT2D eigenvalue weighted by Gasteiger charge is -2.19. The smallest absolute Gasteiger partial charge is 0.262 e. The molecule has 1 heterocycles. The van der Waals surface area contributed by atoms with Crippen molar-refractivity contribution in [3.63, 3.8) is 0 Å². The van der Waals surface area contributed by atoms with Gasteiger partial charge in [0, 0.05) is 6.54 Å². The third-order valence-electron chi connectivity index (χ3n) is 4.59. The van der Waals surface area contributed by atoms with Crippen LogP contribution in [0.1, 0.15) is 31.4 Å². The van der Waals surface area contributed by atoms with Crippen molar-refractivity contribution in [3.05, 3.63) is 83.2 Å². The van der Waals surface area contributed by atoms with Crippen LogP contribution in [-0.2, 0) is 11.3 Å². The molecule has 1 aromatic heterocycles. The molecule has 1 unspecified atom stereocenters. The zero-order valence-corrected chi connectivity index (χ0v) is 17.3. The molecular weight excluding hydrogens is 382 g/mol. The summed E-state index contributed by atoms with van der Waals surface area (Å²) >= 11 is 1.27. The van der Waals surface area contributed by atoms with Gasteiger partial charge in [-0.2, -0.15) is 0 Å². The highest BCUT2D eigenvalue weighted by molar-refractivity contribution is 7.99. The summed E-state index contributed by atoms with van der Waals surface area (Å²) in [6, 6.07) is 17.2. The van der Waals surface area contributed by atoms with Gasteiger partial charge >= 0.3 is 0 Å². The standard InChI is InChI=1S/C23H25N3O2S/c1-3-10-19(17-11-6-5-7-12-17)24-21(27)16-29-23-25-20-14-9-8-13-18(20)22(28)26(23)15-4-2/h4-9,11-14,19H,2-3,10,15-16H2,1H3,(H,24,27). The monoisotopic (exact) mass is 407 g/mol. The largest absolute Gasteiger partial charge is 0.349 e. The molecule has 0 aliphatic carbocycles. The number of hydrogen-bond donors (Lipinski definition) is 1. The van der Waals surface area contributed by atoms with Crippen LogP contribution in [0.4, 0.5) is 0 Å². The quantitative estimate of drug-likeness (QED) is 0.326. The maximum Gasteiger partial charge on any atom is 0.262 e. The topological polar surface area (TPSA) is 64.0 Å². The van der Waals surface area contributed by atoms with Gasteiger partial charge in [0.2, 0.25) is 5.91 Å². The van der Waals surface area contributed by atoms with E-state index in [1.165, 1.54) is 11.8 Å². The summed E-state index contributed by atoms with van der Waals surface area (Å²) < 4.78 is 1.56. The summed E-state index contributed by atoms with van der Waals surface area (Å²) in [6.07, 6.45) is 3.50. The number of benzene rings is 2. The van der Waals surface area contributed by atoms with Crippen molar-refractivity contribution >= 4 is 28.6 Å². The second kappa shape index (κ2) is 10.1. The molecule has 1 atom stereocenters. The van der Waals surface area contributed by atoms with Gasteiger partial charge in [-0.25, -0.2) is 4.98 Å². The maximum atomic E-state index is 12.8. The number of nitrogens with zero attached hydrogens (tertiary/aromatic N) is 2. The van der Waals surface area contributed by atoms with E-state index in [0.717, 1.165) is 18.4 Å². The van der Waals surface area contributed by atoms with Crippen molar-refractivity contribution in [1.82, 2.24) is 14.9 Å². The third kappa shape index (κ3) is 5.15. The SMILES string of the molecule is C=CCn1c(SCC(=O)NC(CCC)c2ccccc2)nc2ccccc2c1=O. The predicted molar refractivity (Wildman–Crippen MR) is 119 cm³/mol. The molecule has 2 aromatic carbocycles. The van der Waals surface area contributed by atoms with Gasteiger partial charge in [0.15, 0.2) is 5.16 Å². The molecular formula is C23H25N3O2S. The first-order valence-corrected chi connectivity index (χ1v) is 10.7. The van der Waals surface area contributed by atoms with Crippen molar-refractivity contribution in [2.24, 2.45) is 0 Å². The summed E-state index contributed by atoms with van der Waals surface area (Å²) in [5.74, 6) is 0.111. The van der Waals surface area contributed by atoms with Crippen molar-refractivity contribution < 1.29 is 4.79 Å². The molecule has 0 saturated carbocycles. The van der Waals surface area contributed by atoms with E-state index in [4.69, 9.17) is 0 Å². The molecule has 3 aromatic rings. The summed E-state index contributed by atoms with van der Waals surface area (Å²) in [5, 5.41) is 4.20. The summed E-state index contributed by atoms with van der Waals surface area (Å²) in [7, 11) is 0. The molecule has 29 heavy (non-hydrogen) atoms. The minimum atomic E-state index is -0.119. The van der Waals surface area contributed by atoms with Gasteiger partial charge in [0.25, 0.3) is 5.56 Å². The Labute approximate surface area is 174 Å². The summed E-state index contributed by atoms with van der Waals surface area (Å²) in [6.45, 7) is 6.18. The lowest BCUT2D eigenvalue weighted by atomic mass is 10.0. The van der Waals surface area contributed by atoms with E-state index in [2.05, 4.69) is 23.8 Å². The molecule has 5 nitrogen and oxygen atoms in total. The lowest BCUT2D eigenvalue weighted by Crippen LogP contribution is -2.30. The Morgan fingerprint density at radius 2 is 1.93 bits per heavy atom. The highest BCUT2D eigenvalue weighted by atomic mass is 32.2. The van der Waals surface area contributed by atoms with E-state index in [1.807, 2.05) is 48.5 Å². The average molecular weight is 408 g/mol. The van der Waals surface area contributed by atoms with Gasteiger partial charge in [0.1, 0.15) is 0 Å². The van der Waals surface area contributed by atoms with E-state index < -0.39 is 0 Å². The van der Waals surface area contributed by atoms with Crippen LogP contribution in [0.25, 0.3) is 10.9 Å². The van der Waals surface area contributed by atoms with E-state index in [9.17, 15) is 9.59 Å². The molecule has 150 valence electrons. The molecule has 0 radical (unpaired) electrons. The van der Waals surface area contributed by atoms with E-state index in [0.29, 0.717) is 22.6 Å². The number of aromatic nitrogens is 2. The van der Waals surface area contributed by atoms with Crippen molar-refractivity contribution in [1.29, 1.82) is 0 Å². The van der Waals surface area contributed by atoms with E-state index >= 15 is 0 Å². The fraction of sp³-hybridized carbons (Fsp3) is 0.261. The maximum absolute atomic E-state index is 12.8. The van der Waals surface area contributed by atoms with Gasteiger partial charge < -0.3 is 5.32 Å². The van der Waals surface area contributed by atoms with Gasteiger partial charge in [-0.05, 0) is 24.1 Å². The van der Waals surface area contributed by atoms with E-state index in [1.54, 1.807) is 16.7 Å². The number of carbonyl (C=O) groups is 1. The Balaban J connectivity index is 1.77. The van der Waals surface area contributed by atoms with E-state index in [-0.39, 0.29) is 23.3 Å². The number of allylic oxidation sites excluding steroid dienone is 1. The molecule has 6 heteroatoms. The number of para-hydroxylation sites is 1. The van der Waals surface area contributed by atoms with Gasteiger partial charge in [-0.1, -0.05) is 73.6 Å². The number of fused-ring (bicyclic) bond motifs is 1. The van der Waals surface area contributed by atoms with Crippen LogP contribution in [0, 0.1) is 0 Å². The third-order valence-corrected chi connectivity index (χ3v) is 5.56. The van der Waals surface area contributed by atoms with Crippen LogP contribution >= 0.6 is 11.8 Å². The molecule has 0 spiro atoms. The van der Waals surface area contributed by atoms with Crippen LogP contribution in [0.2, 0.25) is 0 Å². The average Bonchev–Trinajstić information content (AvgIpc) is 2.75. The van der Waals surface area contributed by atoms with Crippen LogP contribution in [0.15, 0.2) is 77.2 Å². The zero-order chi connectivity index (χ0) is 20.6. The van der Waals surface area contributed by atoms with Crippen molar-refractivity contribution in [2.45, 2.75) is 37.5 Å². The van der Waals surface area contributed by atoms with Gasteiger partial charge in [-0.15, -0.1) is 6.58 Å². The van der Waals surface area contributed by atoms with Crippen LogP contribution in [0.3, 0.4) is 0 Å². The van der Waals surface area contributed by atoms with Crippen LogP contribution in [0.5, 0.6) is 0 Å². The molecule has 1 amide bonds. The Morgan fingerprint density at radius 3 is 2.66 bits per heavy atom. The highest BCUT2D eigenvalue weighted by Crippen LogP contribution is 2.21. The molecule has 0 aliphatic heterocycles. The fourth-order valence-corrected chi connectivity index (χ4v) is 4.03. The fourth-order valence-electron chi connectivity index (χ4n) is 3.21. The first-order chi connectivity index (χ1) is 14.1. The number of nitrogens with one attached hydrogen (secondary N) is 1. The molecule has 1 N–H and O–H groups in total. The van der Waals surface area contributed by atoms with Crippen LogP contribution < -0.4 is 10.9 Å². The first-order valence-electron chi connectivity index (χ1n) is 9.71. The molecule has 3 rings (SSSR count). The number of rotatable bonds is 9. The van der Waals surface area contributed by atoms with Gasteiger partial charge in [-0.3, -0.25) is 14.2 Å². The molecule has 0 fully saturated rings. The summed E-state index contributed by atoms with van der Waals surface area (Å²) in [5.41, 5.74) is 1.61. The first kappa shape index (κ1) is 20.9. The van der Waals surface area contributed by atoms with Crippen molar-refractivity contribution in [2.75, 3.05) is 5.75 Å². The zero-order valence-electron chi connectivity index (χ0n) is 16.5.